The highest BCUT2D eigenvalue weighted by Crippen LogP contribution is 2.38. The molecule has 0 nitrogen and oxygen atoms in total. The summed E-state index contributed by atoms with van der Waals surface area (Å²) in [6.07, 6.45) is 0. The van der Waals surface area contributed by atoms with Crippen molar-refractivity contribution >= 4 is 8.19 Å². The molecule has 0 fully saturated rings. The molecule has 0 aliphatic heterocycles. The highest BCUT2D eigenvalue weighted by atomic mass is 31.0. The van der Waals surface area contributed by atoms with Crippen molar-refractivity contribution in [3.05, 3.63) is 22.7 Å². The summed E-state index contributed by atoms with van der Waals surface area (Å²) in [4.78, 5) is 0. The summed E-state index contributed by atoms with van der Waals surface area (Å²) in [7, 11) is 1.43. The van der Waals surface area contributed by atoms with Gasteiger partial charge in [-0.05, 0) is 10.8 Å². The molecule has 0 atom stereocenters. The first-order valence-corrected chi connectivity index (χ1v) is 5.75. The lowest BCUT2D eigenvalue weighted by molar-refractivity contribution is 0.602. The Morgan fingerprint density at radius 2 is 1.08 bits per heavy atom. The van der Waals surface area contributed by atoms with E-state index in [9.17, 15) is 0 Å². The third kappa shape index (κ3) is 2.61. The minimum absolute atomic E-state index is 0.324. The Balaban J connectivity index is 3.01. The SMILES string of the molecule is CC(C)(C)c1ccc(C(C)(C)C)[p-]1. The average Bonchev–Trinajstić information content (AvgIpc) is 2.28. The number of hydrogen-bond donors (Lipinski definition) is 0. The van der Waals surface area contributed by atoms with E-state index in [0.29, 0.717) is 10.8 Å². The lowest BCUT2D eigenvalue weighted by Crippen LogP contribution is -2.08. The molecular formula is C12H20P-. The van der Waals surface area contributed by atoms with Crippen molar-refractivity contribution in [2.24, 2.45) is 0 Å². The highest BCUT2D eigenvalue weighted by Gasteiger charge is 2.11. The number of hydrogen-bond acceptors (Lipinski definition) is 0. The molecule has 0 spiro atoms. The van der Waals surface area contributed by atoms with Gasteiger partial charge in [-0.2, -0.15) is 0 Å². The zero-order valence-corrected chi connectivity index (χ0v) is 10.5. The Morgan fingerprint density at radius 1 is 0.769 bits per heavy atom. The van der Waals surface area contributed by atoms with Gasteiger partial charge >= 0.3 is 0 Å². The molecular weight excluding hydrogens is 175 g/mol. The van der Waals surface area contributed by atoms with Crippen LogP contribution >= 0.6 is 8.19 Å². The lowest BCUT2D eigenvalue weighted by atomic mass is 9.93. The molecule has 1 aromatic rings. The van der Waals surface area contributed by atoms with Crippen LogP contribution in [0.2, 0.25) is 0 Å². The van der Waals surface area contributed by atoms with E-state index in [4.69, 9.17) is 0 Å². The van der Waals surface area contributed by atoms with Crippen molar-refractivity contribution in [1.29, 1.82) is 0 Å². The molecule has 13 heavy (non-hydrogen) atoms. The van der Waals surface area contributed by atoms with Crippen LogP contribution in [-0.4, -0.2) is 0 Å². The summed E-state index contributed by atoms with van der Waals surface area (Å²) in [6, 6.07) is 4.59. The zero-order chi connectivity index (χ0) is 10.3. The predicted molar refractivity (Wildman–Crippen MR) is 61.9 cm³/mol. The van der Waals surface area contributed by atoms with E-state index in [-0.39, 0.29) is 0 Å². The van der Waals surface area contributed by atoms with Gasteiger partial charge in [-0.15, -0.1) is 0 Å². The van der Waals surface area contributed by atoms with E-state index in [1.165, 1.54) is 18.8 Å². The molecule has 1 heterocycles. The Hall–Kier alpha value is -0.220. The van der Waals surface area contributed by atoms with Gasteiger partial charge in [0, 0.05) is 0 Å². The van der Waals surface area contributed by atoms with Gasteiger partial charge in [-0.3, -0.25) is 0 Å². The van der Waals surface area contributed by atoms with E-state index < -0.39 is 0 Å². The fraction of sp³-hybridized carbons (Fsp3) is 0.667. The Morgan fingerprint density at radius 3 is 1.23 bits per heavy atom. The zero-order valence-electron chi connectivity index (χ0n) is 9.60. The smallest absolute Gasteiger partial charge is 0.0424 e. The maximum absolute atomic E-state index is 2.29. The monoisotopic (exact) mass is 195 g/mol. The quantitative estimate of drug-likeness (QED) is 0.568. The van der Waals surface area contributed by atoms with Gasteiger partial charge in [0.2, 0.25) is 0 Å². The molecule has 0 aliphatic carbocycles. The molecule has 0 N–H and O–H groups in total. The molecule has 1 aromatic heterocycles. The minimum Gasteiger partial charge on any atom is -0.523 e. The predicted octanol–water partition coefficient (Wildman–Crippen LogP) is 4.58. The van der Waals surface area contributed by atoms with Gasteiger partial charge in [0.15, 0.2) is 0 Å². The summed E-state index contributed by atoms with van der Waals surface area (Å²) in [5, 5.41) is 3.08. The molecule has 0 amide bonds. The second-order valence-electron chi connectivity index (χ2n) is 5.72. The summed E-state index contributed by atoms with van der Waals surface area (Å²) in [6.45, 7) is 13.7. The molecule has 0 aromatic carbocycles. The van der Waals surface area contributed by atoms with Crippen LogP contribution in [0.3, 0.4) is 0 Å². The van der Waals surface area contributed by atoms with Crippen molar-refractivity contribution in [3.8, 4) is 0 Å². The van der Waals surface area contributed by atoms with Gasteiger partial charge in [0.05, 0.1) is 0 Å². The summed E-state index contributed by atoms with van der Waals surface area (Å²) < 4.78 is 0. The first-order valence-electron chi connectivity index (χ1n) is 4.86. The average molecular weight is 195 g/mol. The van der Waals surface area contributed by atoms with E-state index in [0.717, 1.165) is 0 Å². The highest BCUT2D eigenvalue weighted by molar-refractivity contribution is 7.32. The first kappa shape index (κ1) is 10.9. The second-order valence-corrected chi connectivity index (χ2v) is 6.90. The first-order chi connectivity index (χ1) is 5.71. The van der Waals surface area contributed by atoms with Gasteiger partial charge in [-0.1, -0.05) is 53.7 Å². The largest absolute Gasteiger partial charge is 0.523 e. The molecule has 0 saturated carbocycles. The Kier molecular flexibility index (Phi) is 2.65. The standard InChI is InChI=1S/C12H20P/c1-11(2,3)9-7-8-10(13-9)12(4,5)6/h7-8H,1-6H3/q-1. The van der Waals surface area contributed by atoms with Crippen LogP contribution in [-0.2, 0) is 10.8 Å². The topological polar surface area (TPSA) is 0 Å². The van der Waals surface area contributed by atoms with Gasteiger partial charge in [0.25, 0.3) is 0 Å². The summed E-state index contributed by atoms with van der Waals surface area (Å²) in [5.74, 6) is 0. The van der Waals surface area contributed by atoms with Crippen LogP contribution < -0.4 is 0 Å². The van der Waals surface area contributed by atoms with Crippen LogP contribution in [0, 0.1) is 0 Å². The van der Waals surface area contributed by atoms with E-state index in [1.54, 1.807) is 0 Å². The molecule has 74 valence electrons. The van der Waals surface area contributed by atoms with Crippen LogP contribution in [0.15, 0.2) is 12.1 Å². The summed E-state index contributed by atoms with van der Waals surface area (Å²) in [5.41, 5.74) is 0.649. The third-order valence-electron chi connectivity index (χ3n) is 2.18. The fourth-order valence-corrected chi connectivity index (χ4v) is 2.43. The van der Waals surface area contributed by atoms with Gasteiger partial charge in [0.1, 0.15) is 0 Å². The van der Waals surface area contributed by atoms with E-state index in [2.05, 4.69) is 53.7 Å². The van der Waals surface area contributed by atoms with Crippen LogP contribution in [0.25, 0.3) is 0 Å². The lowest BCUT2D eigenvalue weighted by Gasteiger charge is -2.29. The molecule has 0 bridgehead atoms. The van der Waals surface area contributed by atoms with Crippen molar-refractivity contribution in [3.63, 3.8) is 0 Å². The molecule has 0 saturated heterocycles. The van der Waals surface area contributed by atoms with Crippen molar-refractivity contribution in [2.75, 3.05) is 0 Å². The molecule has 1 rings (SSSR count). The second kappa shape index (κ2) is 3.17. The van der Waals surface area contributed by atoms with Crippen molar-refractivity contribution in [2.45, 2.75) is 52.4 Å². The van der Waals surface area contributed by atoms with E-state index >= 15 is 0 Å². The van der Waals surface area contributed by atoms with Gasteiger partial charge in [-0.25, -0.2) is 10.6 Å². The third-order valence-corrected chi connectivity index (χ3v) is 4.30. The molecule has 0 aliphatic rings. The van der Waals surface area contributed by atoms with Crippen LogP contribution in [0.5, 0.6) is 0 Å². The van der Waals surface area contributed by atoms with E-state index in [1.807, 2.05) is 0 Å². The van der Waals surface area contributed by atoms with Gasteiger partial charge < -0.3 is 8.19 Å². The molecule has 0 radical (unpaired) electrons. The Bertz CT molecular complexity index is 252. The molecule has 1 heteroatoms. The fourth-order valence-electron chi connectivity index (χ4n) is 1.20. The molecule has 0 unspecified atom stereocenters. The minimum atomic E-state index is 0.324. The Labute approximate surface area is 83.8 Å². The summed E-state index contributed by atoms with van der Waals surface area (Å²) >= 11 is 0. The maximum atomic E-state index is 2.29. The van der Waals surface area contributed by atoms with Crippen molar-refractivity contribution < 1.29 is 0 Å². The van der Waals surface area contributed by atoms with Crippen LogP contribution in [0.1, 0.15) is 52.1 Å². The number of rotatable bonds is 0. The van der Waals surface area contributed by atoms with Crippen molar-refractivity contribution in [1.82, 2.24) is 0 Å². The van der Waals surface area contributed by atoms with Crippen LogP contribution in [0.4, 0.5) is 0 Å². The normalized spacial score (nSPS) is 13.4. The maximum Gasteiger partial charge on any atom is -0.0424 e.